The number of hydrogen-bond acceptors (Lipinski definition) is 5. The van der Waals surface area contributed by atoms with Gasteiger partial charge in [0.25, 0.3) is 0 Å². The lowest BCUT2D eigenvalue weighted by Crippen LogP contribution is -2.28. The van der Waals surface area contributed by atoms with Crippen LogP contribution in [0.5, 0.6) is 0 Å². The lowest BCUT2D eigenvalue weighted by molar-refractivity contribution is -0.161. The van der Waals surface area contributed by atoms with Crippen molar-refractivity contribution in [3.05, 3.63) is 182 Å². The molecule has 0 aromatic rings. The molecule has 0 aromatic heterocycles. The molecule has 0 saturated carbocycles. The molecule has 1 atom stereocenters. The fourth-order valence-electron chi connectivity index (χ4n) is 7.02. The summed E-state index contributed by atoms with van der Waals surface area (Å²) in [5, 5.41) is 9.65. The van der Waals surface area contributed by atoms with E-state index in [0.29, 0.717) is 12.8 Å². The average molecular weight is 988 g/mol. The van der Waals surface area contributed by atoms with Crippen LogP contribution in [0.1, 0.15) is 206 Å². The Morgan fingerprint density at radius 3 is 0.833 bits per heavy atom. The van der Waals surface area contributed by atoms with Crippen LogP contribution in [0.25, 0.3) is 0 Å². The lowest BCUT2D eigenvalue weighted by Gasteiger charge is -2.15. The molecular formula is C67H102O5. The minimum atomic E-state index is -0.806. The van der Waals surface area contributed by atoms with Crippen LogP contribution in [0.4, 0.5) is 0 Å². The molecule has 0 aliphatic carbocycles. The van der Waals surface area contributed by atoms with Crippen molar-refractivity contribution >= 4 is 11.9 Å². The Hall–Kier alpha value is -5.00. The first kappa shape index (κ1) is 67.0. The minimum Gasteiger partial charge on any atom is -0.462 e. The summed E-state index contributed by atoms with van der Waals surface area (Å²) in [5.74, 6) is -0.646. The first-order chi connectivity index (χ1) is 35.6. The van der Waals surface area contributed by atoms with Gasteiger partial charge in [-0.1, -0.05) is 241 Å². The first-order valence-corrected chi connectivity index (χ1v) is 28.3. The molecule has 0 spiro atoms. The van der Waals surface area contributed by atoms with E-state index in [9.17, 15) is 14.7 Å². The highest BCUT2D eigenvalue weighted by molar-refractivity contribution is 5.70. The van der Waals surface area contributed by atoms with E-state index in [-0.39, 0.29) is 25.2 Å². The van der Waals surface area contributed by atoms with Gasteiger partial charge in [0, 0.05) is 12.8 Å². The summed E-state index contributed by atoms with van der Waals surface area (Å²) in [6.07, 6.45) is 95.6. The van der Waals surface area contributed by atoms with Crippen molar-refractivity contribution in [3.8, 4) is 0 Å². The Balaban J connectivity index is 3.68. The second-order valence-corrected chi connectivity index (χ2v) is 17.9. The van der Waals surface area contributed by atoms with Gasteiger partial charge >= 0.3 is 11.9 Å². The molecule has 5 heteroatoms. The Morgan fingerprint density at radius 2 is 0.556 bits per heavy atom. The average Bonchev–Trinajstić information content (AvgIpc) is 3.38. The topological polar surface area (TPSA) is 72.8 Å². The number of carbonyl (C=O) groups excluding carboxylic acids is 2. The summed E-state index contributed by atoms with van der Waals surface area (Å²) < 4.78 is 10.7. The molecule has 400 valence electrons. The number of unbranched alkanes of at least 4 members (excludes halogenated alkanes) is 11. The number of rotatable bonds is 49. The number of aliphatic hydroxyl groups is 1. The van der Waals surface area contributed by atoms with Gasteiger partial charge in [-0.2, -0.15) is 0 Å². The quantitative estimate of drug-likeness (QED) is 0.0374. The molecule has 0 aliphatic rings. The third-order valence-corrected chi connectivity index (χ3v) is 11.2. The number of allylic oxidation sites excluding steroid dienone is 30. The smallest absolute Gasteiger partial charge is 0.306 e. The Kier molecular flexibility index (Phi) is 56.1. The lowest BCUT2D eigenvalue weighted by atomic mass is 10.1. The van der Waals surface area contributed by atoms with E-state index in [0.717, 1.165) is 161 Å². The molecule has 0 saturated heterocycles. The molecule has 0 radical (unpaired) electrons. The van der Waals surface area contributed by atoms with Crippen LogP contribution in [0, 0.1) is 0 Å². The van der Waals surface area contributed by atoms with Gasteiger partial charge in [-0.15, -0.1) is 0 Å². The predicted molar refractivity (Wildman–Crippen MR) is 315 cm³/mol. The molecular weight excluding hydrogens is 885 g/mol. The Morgan fingerprint density at radius 1 is 0.319 bits per heavy atom. The van der Waals surface area contributed by atoms with Crippen molar-refractivity contribution in [3.63, 3.8) is 0 Å². The Bertz CT molecular complexity index is 1680. The summed E-state index contributed by atoms with van der Waals surface area (Å²) in [6, 6.07) is 0. The van der Waals surface area contributed by atoms with Gasteiger partial charge in [0.2, 0.25) is 0 Å². The molecule has 0 fully saturated rings. The molecule has 5 nitrogen and oxygen atoms in total. The largest absolute Gasteiger partial charge is 0.462 e. The maximum absolute atomic E-state index is 12.3. The van der Waals surface area contributed by atoms with Gasteiger partial charge in [-0.25, -0.2) is 0 Å². The SMILES string of the molecule is CC/C=C\C/C=C\C/C=C\C/C=C\C/C=C\C/C=C\C/C=C\C/C=C\C/C=C\CCCCCCCC(=O)OC(CO)COC(=O)CCCCCCCC/C=C\C/C=C\C/C=C\C/C=C\C/C=C\C/C=C\CC. The van der Waals surface area contributed by atoms with E-state index in [2.05, 4.69) is 196 Å². The van der Waals surface area contributed by atoms with E-state index < -0.39 is 6.10 Å². The molecule has 1 unspecified atom stereocenters. The van der Waals surface area contributed by atoms with Crippen LogP contribution in [-0.2, 0) is 19.1 Å². The van der Waals surface area contributed by atoms with Crippen molar-refractivity contribution in [2.45, 2.75) is 213 Å². The zero-order chi connectivity index (χ0) is 52.0. The molecule has 0 amide bonds. The molecule has 0 bridgehead atoms. The first-order valence-electron chi connectivity index (χ1n) is 28.3. The predicted octanol–water partition coefficient (Wildman–Crippen LogP) is 19.5. The van der Waals surface area contributed by atoms with Crippen molar-refractivity contribution < 1.29 is 24.2 Å². The second-order valence-electron chi connectivity index (χ2n) is 17.9. The maximum Gasteiger partial charge on any atom is 0.306 e. The standard InChI is InChI=1S/C67H102O5/c1-3-5-7-9-11-13-15-17-19-21-23-25-27-29-30-31-32-33-34-35-36-38-40-42-44-46-48-50-52-54-56-58-60-62-67(70)72-65(63-68)64-71-66(69)61-59-57-55-53-51-49-47-45-43-41-39-37-28-26-24-22-20-18-16-14-12-10-8-6-4-2/h5-8,11-14,17-20,23-26,29-30,32-33,35-37,39-40,42-43,45-46,48,65,68H,3-4,9-10,15-16,21-22,27-28,31,34,38,41,44,47,49-64H2,1-2H3/b7-5-,8-6-,13-11-,14-12-,19-17-,20-18-,25-23-,26-24-,30-29-,33-32-,36-35-,39-37-,42-40-,45-43-,48-46-. The fourth-order valence-corrected chi connectivity index (χ4v) is 7.02. The molecule has 0 heterocycles. The van der Waals surface area contributed by atoms with Crippen molar-refractivity contribution in [2.24, 2.45) is 0 Å². The monoisotopic (exact) mass is 987 g/mol. The van der Waals surface area contributed by atoms with Gasteiger partial charge in [0.15, 0.2) is 6.10 Å². The molecule has 0 aromatic carbocycles. The third-order valence-electron chi connectivity index (χ3n) is 11.2. The number of esters is 2. The van der Waals surface area contributed by atoms with E-state index in [1.165, 1.54) is 19.3 Å². The summed E-state index contributed by atoms with van der Waals surface area (Å²) in [7, 11) is 0. The highest BCUT2D eigenvalue weighted by Gasteiger charge is 2.16. The van der Waals surface area contributed by atoms with Crippen LogP contribution >= 0.6 is 0 Å². The van der Waals surface area contributed by atoms with Crippen LogP contribution in [0.2, 0.25) is 0 Å². The van der Waals surface area contributed by atoms with Crippen molar-refractivity contribution in [2.75, 3.05) is 13.2 Å². The zero-order valence-electron chi connectivity index (χ0n) is 45.6. The summed E-state index contributed by atoms with van der Waals surface area (Å²) in [6.45, 7) is 3.87. The number of ether oxygens (including phenoxy) is 2. The number of carbonyl (C=O) groups is 2. The summed E-state index contributed by atoms with van der Waals surface area (Å²) >= 11 is 0. The highest BCUT2D eigenvalue weighted by Crippen LogP contribution is 2.12. The third kappa shape index (κ3) is 57.6. The Labute approximate surface area is 442 Å². The van der Waals surface area contributed by atoms with E-state index >= 15 is 0 Å². The summed E-state index contributed by atoms with van der Waals surface area (Å²) in [4.78, 5) is 24.5. The van der Waals surface area contributed by atoms with Gasteiger partial charge < -0.3 is 14.6 Å². The van der Waals surface area contributed by atoms with Gasteiger partial charge in [-0.3, -0.25) is 9.59 Å². The van der Waals surface area contributed by atoms with Gasteiger partial charge in [0.05, 0.1) is 6.61 Å². The maximum atomic E-state index is 12.3. The van der Waals surface area contributed by atoms with Crippen LogP contribution in [-0.4, -0.2) is 36.4 Å². The van der Waals surface area contributed by atoms with Crippen LogP contribution < -0.4 is 0 Å². The molecule has 0 rings (SSSR count). The van der Waals surface area contributed by atoms with Gasteiger partial charge in [0.1, 0.15) is 6.61 Å². The summed E-state index contributed by atoms with van der Waals surface area (Å²) in [5.41, 5.74) is 0. The van der Waals surface area contributed by atoms with Crippen LogP contribution in [0.15, 0.2) is 182 Å². The molecule has 1 N–H and O–H groups in total. The minimum absolute atomic E-state index is 0.0955. The zero-order valence-corrected chi connectivity index (χ0v) is 45.6. The molecule has 0 aliphatic heterocycles. The van der Waals surface area contributed by atoms with Crippen molar-refractivity contribution in [1.82, 2.24) is 0 Å². The van der Waals surface area contributed by atoms with Crippen LogP contribution in [0.3, 0.4) is 0 Å². The van der Waals surface area contributed by atoms with Crippen molar-refractivity contribution in [1.29, 1.82) is 0 Å². The number of aliphatic hydroxyl groups excluding tert-OH is 1. The number of hydrogen-bond donors (Lipinski definition) is 1. The highest BCUT2D eigenvalue weighted by atomic mass is 16.6. The van der Waals surface area contributed by atoms with E-state index in [1.54, 1.807) is 0 Å². The normalized spacial score (nSPS) is 13.7. The molecule has 72 heavy (non-hydrogen) atoms. The second kappa shape index (κ2) is 60.3. The van der Waals surface area contributed by atoms with E-state index in [4.69, 9.17) is 9.47 Å². The van der Waals surface area contributed by atoms with Gasteiger partial charge in [-0.05, 0) is 135 Å². The fraction of sp³-hybridized carbons (Fsp3) is 0.522. The van der Waals surface area contributed by atoms with E-state index in [1.807, 2.05) is 0 Å².